The molecule has 2 aromatic carbocycles. The number of amides is 1. The van der Waals surface area contributed by atoms with Crippen molar-refractivity contribution in [3.8, 4) is 0 Å². The lowest BCUT2D eigenvalue weighted by Crippen LogP contribution is -2.41. The standard InChI is InChI=1S/C22H22Cl2N2O7S/c1-32-21(28)14-9-15(22(29)33-2)11-17(10-14)25-20(27)13-5-7-26(8-6-13)34(30,31)19-12-16(23)3-4-18(19)24/h3-4,9-13H,5-8H2,1-2H3,(H,25,27). The van der Waals surface area contributed by atoms with Gasteiger partial charge < -0.3 is 14.8 Å². The highest BCUT2D eigenvalue weighted by Crippen LogP contribution is 2.31. The number of rotatable bonds is 6. The molecule has 9 nitrogen and oxygen atoms in total. The van der Waals surface area contributed by atoms with Gasteiger partial charge in [-0.25, -0.2) is 18.0 Å². The number of nitrogens with one attached hydrogen (secondary N) is 1. The first kappa shape index (κ1) is 26.0. The summed E-state index contributed by atoms with van der Waals surface area (Å²) in [5, 5.41) is 3.00. The summed E-state index contributed by atoms with van der Waals surface area (Å²) >= 11 is 12.0. The van der Waals surface area contributed by atoms with Gasteiger partial charge in [-0.2, -0.15) is 4.31 Å². The fourth-order valence-corrected chi connectivity index (χ4v) is 5.79. The van der Waals surface area contributed by atoms with Gasteiger partial charge in [-0.05, 0) is 49.2 Å². The average molecular weight is 529 g/mol. The molecule has 0 atom stereocenters. The number of nitrogens with zero attached hydrogens (tertiary/aromatic N) is 1. The fourth-order valence-electron chi connectivity index (χ4n) is 3.59. The van der Waals surface area contributed by atoms with Crippen LogP contribution in [0.2, 0.25) is 10.0 Å². The third-order valence-corrected chi connectivity index (χ3v) is 7.99. The van der Waals surface area contributed by atoms with E-state index in [4.69, 9.17) is 32.7 Å². The Morgan fingerprint density at radius 2 is 1.50 bits per heavy atom. The monoisotopic (exact) mass is 528 g/mol. The molecule has 0 saturated carbocycles. The van der Waals surface area contributed by atoms with Gasteiger partial charge in [0.1, 0.15) is 4.90 Å². The molecule has 0 bridgehead atoms. The first-order chi connectivity index (χ1) is 16.1. The molecule has 1 fully saturated rings. The quantitative estimate of drug-likeness (QED) is 0.568. The van der Waals surface area contributed by atoms with E-state index in [1.54, 1.807) is 0 Å². The van der Waals surface area contributed by atoms with E-state index in [1.165, 1.54) is 54.9 Å². The van der Waals surface area contributed by atoms with Crippen LogP contribution < -0.4 is 5.32 Å². The normalized spacial score (nSPS) is 14.9. The smallest absolute Gasteiger partial charge is 0.337 e. The summed E-state index contributed by atoms with van der Waals surface area (Å²) in [5.74, 6) is -2.21. The van der Waals surface area contributed by atoms with E-state index in [9.17, 15) is 22.8 Å². The molecule has 182 valence electrons. The topological polar surface area (TPSA) is 119 Å². The molecular weight excluding hydrogens is 507 g/mol. The number of esters is 2. The van der Waals surface area contributed by atoms with Gasteiger partial charge >= 0.3 is 11.9 Å². The number of anilines is 1. The number of hydrogen-bond acceptors (Lipinski definition) is 7. The van der Waals surface area contributed by atoms with Gasteiger partial charge in [0, 0.05) is 29.7 Å². The van der Waals surface area contributed by atoms with Crippen molar-refractivity contribution in [1.82, 2.24) is 4.31 Å². The lowest BCUT2D eigenvalue weighted by atomic mass is 9.97. The predicted molar refractivity (Wildman–Crippen MR) is 126 cm³/mol. The zero-order valence-corrected chi connectivity index (χ0v) is 20.7. The lowest BCUT2D eigenvalue weighted by molar-refractivity contribution is -0.120. The number of piperidine rings is 1. The van der Waals surface area contributed by atoms with E-state index < -0.39 is 27.9 Å². The molecule has 1 aliphatic rings. The second-order valence-electron chi connectivity index (χ2n) is 7.52. The van der Waals surface area contributed by atoms with Gasteiger partial charge in [0.25, 0.3) is 0 Å². The molecule has 1 saturated heterocycles. The molecule has 1 heterocycles. The number of sulfonamides is 1. The Kier molecular flexibility index (Phi) is 8.19. The minimum absolute atomic E-state index is 0.0659. The summed E-state index contributed by atoms with van der Waals surface area (Å²) in [6, 6.07) is 8.29. The van der Waals surface area contributed by atoms with Crippen LogP contribution in [-0.2, 0) is 24.3 Å². The van der Waals surface area contributed by atoms with Crippen LogP contribution in [0.5, 0.6) is 0 Å². The fraction of sp³-hybridized carbons (Fsp3) is 0.318. The van der Waals surface area contributed by atoms with Gasteiger partial charge in [0.15, 0.2) is 0 Å². The lowest BCUT2D eigenvalue weighted by Gasteiger charge is -2.30. The van der Waals surface area contributed by atoms with Gasteiger partial charge in [-0.15, -0.1) is 0 Å². The Balaban J connectivity index is 1.72. The molecule has 1 N–H and O–H groups in total. The second kappa shape index (κ2) is 10.7. The molecule has 2 aromatic rings. The SMILES string of the molecule is COC(=O)c1cc(NC(=O)C2CCN(S(=O)(=O)c3cc(Cl)ccc3Cl)CC2)cc(C(=O)OC)c1. The highest BCUT2D eigenvalue weighted by molar-refractivity contribution is 7.89. The summed E-state index contributed by atoms with van der Waals surface area (Å²) in [5.41, 5.74) is 0.356. The summed E-state index contributed by atoms with van der Waals surface area (Å²) in [6.45, 7) is 0.220. The largest absolute Gasteiger partial charge is 0.465 e. The number of carbonyl (C=O) groups excluding carboxylic acids is 3. The summed E-state index contributed by atoms with van der Waals surface area (Å²) in [4.78, 5) is 36.6. The Morgan fingerprint density at radius 3 is 2.03 bits per heavy atom. The van der Waals surface area contributed by atoms with E-state index >= 15 is 0 Å². The van der Waals surface area contributed by atoms with Crippen molar-refractivity contribution < 1.29 is 32.3 Å². The zero-order chi connectivity index (χ0) is 25.0. The van der Waals surface area contributed by atoms with Gasteiger partial charge in [-0.3, -0.25) is 4.79 Å². The van der Waals surface area contributed by atoms with Crippen LogP contribution in [-0.4, -0.2) is 57.9 Å². The van der Waals surface area contributed by atoms with Crippen LogP contribution in [0.15, 0.2) is 41.3 Å². The number of ether oxygens (including phenoxy) is 2. The van der Waals surface area contributed by atoms with Gasteiger partial charge in [-0.1, -0.05) is 23.2 Å². The molecule has 1 aliphatic heterocycles. The van der Waals surface area contributed by atoms with Gasteiger partial charge in [0.05, 0.1) is 30.4 Å². The van der Waals surface area contributed by atoms with Crippen molar-refractivity contribution in [2.75, 3.05) is 32.6 Å². The molecule has 3 rings (SSSR count). The van der Waals surface area contributed by atoms with E-state index in [0.717, 1.165) is 0 Å². The molecule has 0 radical (unpaired) electrons. The minimum Gasteiger partial charge on any atom is -0.465 e. The maximum atomic E-state index is 13.0. The molecule has 1 amide bonds. The second-order valence-corrected chi connectivity index (χ2v) is 10.3. The number of methoxy groups -OCH3 is 2. The average Bonchev–Trinajstić information content (AvgIpc) is 2.84. The first-order valence-corrected chi connectivity index (χ1v) is 12.3. The molecule has 12 heteroatoms. The number of halogens is 2. The zero-order valence-electron chi connectivity index (χ0n) is 18.3. The van der Waals surface area contributed by atoms with Gasteiger partial charge in [0.2, 0.25) is 15.9 Å². The summed E-state index contributed by atoms with van der Waals surface area (Å²) in [7, 11) is -1.48. The van der Waals surface area contributed by atoms with Crippen molar-refractivity contribution in [3.05, 3.63) is 57.6 Å². The van der Waals surface area contributed by atoms with Crippen LogP contribution in [0.3, 0.4) is 0 Å². The molecule has 34 heavy (non-hydrogen) atoms. The van der Waals surface area contributed by atoms with E-state index in [2.05, 4.69) is 5.32 Å². The molecule has 0 aliphatic carbocycles. The van der Waals surface area contributed by atoms with Crippen molar-refractivity contribution in [1.29, 1.82) is 0 Å². The number of benzene rings is 2. The molecule has 0 unspecified atom stereocenters. The van der Waals surface area contributed by atoms with Crippen LogP contribution in [0.4, 0.5) is 5.69 Å². The Morgan fingerprint density at radius 1 is 0.941 bits per heavy atom. The number of hydrogen-bond donors (Lipinski definition) is 1. The maximum absolute atomic E-state index is 13.0. The Labute approximate surface area is 207 Å². The van der Waals surface area contributed by atoms with Crippen molar-refractivity contribution in [2.45, 2.75) is 17.7 Å². The van der Waals surface area contributed by atoms with Crippen LogP contribution >= 0.6 is 23.2 Å². The molecular formula is C22H22Cl2N2O7S. The third-order valence-electron chi connectivity index (χ3n) is 5.38. The summed E-state index contributed by atoms with van der Waals surface area (Å²) < 4.78 is 36.6. The maximum Gasteiger partial charge on any atom is 0.337 e. The highest BCUT2D eigenvalue weighted by atomic mass is 35.5. The minimum atomic E-state index is -3.88. The first-order valence-electron chi connectivity index (χ1n) is 10.1. The van der Waals surface area contributed by atoms with E-state index in [1.807, 2.05) is 0 Å². The predicted octanol–water partition coefficient (Wildman–Crippen LogP) is 3.61. The molecule has 0 aromatic heterocycles. The highest BCUT2D eigenvalue weighted by Gasteiger charge is 2.33. The number of carbonyl (C=O) groups is 3. The van der Waals surface area contributed by atoms with Crippen LogP contribution in [0.1, 0.15) is 33.6 Å². The van der Waals surface area contributed by atoms with Crippen molar-refractivity contribution in [3.63, 3.8) is 0 Å². The Bertz CT molecular complexity index is 1190. The van der Waals surface area contributed by atoms with Crippen molar-refractivity contribution >= 4 is 56.8 Å². The summed E-state index contributed by atoms with van der Waals surface area (Å²) in [6.07, 6.45) is 0.535. The molecule has 0 spiro atoms. The van der Waals surface area contributed by atoms with Crippen molar-refractivity contribution in [2.24, 2.45) is 5.92 Å². The van der Waals surface area contributed by atoms with E-state index in [0.29, 0.717) is 0 Å². The van der Waals surface area contributed by atoms with Crippen LogP contribution in [0, 0.1) is 5.92 Å². The third kappa shape index (κ3) is 5.69. The Hall–Kier alpha value is -2.66. The van der Waals surface area contributed by atoms with E-state index in [-0.39, 0.29) is 63.6 Å². The van der Waals surface area contributed by atoms with Crippen LogP contribution in [0.25, 0.3) is 0 Å².